The van der Waals surface area contributed by atoms with Crippen LogP contribution in [0.5, 0.6) is 0 Å². The summed E-state index contributed by atoms with van der Waals surface area (Å²) < 4.78 is 227. The molecule has 136 heavy (non-hydrogen) atoms. The van der Waals surface area contributed by atoms with E-state index in [0.717, 1.165) is 163 Å². The zero-order valence-corrected chi connectivity index (χ0v) is 81.1. The molecule has 0 spiro atoms. The molecule has 2 aliphatic rings. The lowest BCUT2D eigenvalue weighted by Crippen LogP contribution is -2.31. The monoisotopic (exact) mass is 1830 g/mol. The first-order valence-corrected chi connectivity index (χ1v) is 46.8. The van der Waals surface area contributed by atoms with Gasteiger partial charge in [-0.1, -0.05) is 141 Å². The molecule has 5 aromatic carbocycles. The van der Waals surface area contributed by atoms with Gasteiger partial charge in [0.2, 0.25) is 57.0 Å². The first-order chi connectivity index (χ1) is 74.2. The van der Waals surface area contributed by atoms with Crippen molar-refractivity contribution >= 4 is 110 Å². The summed E-state index contributed by atoms with van der Waals surface area (Å²) in [5, 5.41) is 9.07. The molecule has 0 saturated heterocycles. The van der Waals surface area contributed by atoms with Crippen LogP contribution < -0.4 is 22.8 Å². The molecule has 15 aromatic heterocycles. The van der Waals surface area contributed by atoms with Crippen LogP contribution in [0.3, 0.4) is 0 Å². The third-order valence-corrected chi connectivity index (χ3v) is 26.1. The molecule has 15 heteroatoms. The molecule has 0 bridgehead atoms. The minimum Gasteiger partial charge on any atom is -0.437 e. The van der Waals surface area contributed by atoms with Crippen molar-refractivity contribution in [1.82, 2.24) is 24.9 Å². The van der Waals surface area contributed by atoms with Gasteiger partial charge in [-0.25, -0.2) is 47.8 Å². The largest absolute Gasteiger partial charge is 0.437 e. The van der Waals surface area contributed by atoms with Crippen molar-refractivity contribution in [1.29, 1.82) is 0 Å². The molecule has 15 nitrogen and oxygen atoms in total. The Morgan fingerprint density at radius 1 is 0.338 bits per heavy atom. The highest BCUT2D eigenvalue weighted by Crippen LogP contribution is 2.45. The number of aromatic nitrogens is 10. The van der Waals surface area contributed by atoms with E-state index >= 15 is 0 Å². The number of fused-ring (bicyclic) bond motifs is 15. The van der Waals surface area contributed by atoms with Gasteiger partial charge in [-0.05, 0) is 262 Å². The van der Waals surface area contributed by atoms with Crippen LogP contribution in [0, 0.1) is 100 Å². The molecule has 2 fully saturated rings. The summed E-state index contributed by atoms with van der Waals surface area (Å²) in [7, 11) is 9.54. The van der Waals surface area contributed by atoms with Crippen LogP contribution in [0.25, 0.3) is 167 Å². The maximum Gasteiger partial charge on any atom is 0.227 e. The summed E-state index contributed by atoms with van der Waals surface area (Å²) in [4.78, 5) is 23.2. The second-order valence-electron chi connectivity index (χ2n) is 38.0. The molecular weight excluding hydrogens is 1670 g/mol. The lowest BCUT2D eigenvalue weighted by Gasteiger charge is -2.20. The average Bonchev–Trinajstić information content (AvgIpc) is 1.59. The van der Waals surface area contributed by atoms with E-state index in [4.69, 9.17) is 63.6 Å². The SMILES string of the molecule is Cc1cc[n+](C)c(-c2c(C)ccc3c2oc2nc(CC(C)C)ccc23)c1.Cc1ccc2c(oc3nc(CC(C)C)ccc32)c1-c1cccc[n+]1C.[2H]C([2H])([2H])c1c[n+](C)c(-c2c(C)ccc3c2oc2nc(C4([2H])C([2H])([2H])CCCC4([2H])[2H])ccc23)cc1C.[2H]C([2H])([2H])c1c[n+](C)c(-c2c(C)ccc3c2oc2nc(C4([2H])CCCC4([2H])[2H])ccc23)cc1C.[2H]C([2H])([2H])c1c[n+](C)c(-c2c(C)ccc3c2oc2nc(CC(C)(C([2H])([2H])[2H])C([2H])([2H])[2H])ccc23)cc1C. The molecule has 20 aromatic rings. The molecule has 2 aliphatic carbocycles. The molecule has 15 heterocycles. The van der Waals surface area contributed by atoms with E-state index in [1.165, 1.54) is 23.6 Å². The Morgan fingerprint density at radius 2 is 0.669 bits per heavy atom. The molecule has 692 valence electrons. The fraction of sp³-hybridized carbons (Fsp3) is 0.339. The van der Waals surface area contributed by atoms with Crippen LogP contribution >= 0.6 is 0 Å². The van der Waals surface area contributed by atoms with E-state index in [-0.39, 0.29) is 47.5 Å². The zero-order valence-electron chi connectivity index (χ0n) is 104. The van der Waals surface area contributed by atoms with Crippen LogP contribution in [-0.4, -0.2) is 24.9 Å². The lowest BCUT2D eigenvalue weighted by molar-refractivity contribution is -0.660. The molecule has 1 atom stereocenters. The Kier molecular flexibility index (Phi) is 19.2. The first-order valence-electron chi connectivity index (χ1n) is 58.3. The second-order valence-corrected chi connectivity index (χ2v) is 38.0. The van der Waals surface area contributed by atoms with Crippen LogP contribution in [0.1, 0.15) is 245 Å². The molecule has 0 N–H and O–H groups in total. The van der Waals surface area contributed by atoms with Crippen molar-refractivity contribution in [2.75, 3.05) is 0 Å². The van der Waals surface area contributed by atoms with E-state index in [1.807, 2.05) is 99.1 Å². The highest BCUT2D eigenvalue weighted by Gasteiger charge is 2.31. The average molecular weight is 1830 g/mol. The first kappa shape index (κ1) is 68.6. The van der Waals surface area contributed by atoms with Crippen LogP contribution in [-0.2, 0) is 54.5 Å². The summed E-state index contributed by atoms with van der Waals surface area (Å²) in [6.45, 7) is 15.6. The minimum absolute atomic E-state index is 0.00968. The number of hydrogen-bond donors (Lipinski definition) is 0. The van der Waals surface area contributed by atoms with Gasteiger partial charge in [0, 0.05) is 185 Å². The van der Waals surface area contributed by atoms with Crippen LogP contribution in [0.4, 0.5) is 0 Å². The van der Waals surface area contributed by atoms with E-state index in [0.29, 0.717) is 104 Å². The van der Waals surface area contributed by atoms with E-state index < -0.39 is 70.6 Å². The number of benzene rings is 5. The van der Waals surface area contributed by atoms with E-state index in [9.17, 15) is 0 Å². The van der Waals surface area contributed by atoms with Crippen molar-refractivity contribution in [2.24, 2.45) is 52.5 Å². The Labute approximate surface area is 832 Å². The molecular formula is C121H133N10O5+5. The molecule has 0 aliphatic heterocycles. The van der Waals surface area contributed by atoms with Gasteiger partial charge < -0.3 is 22.1 Å². The fourth-order valence-corrected chi connectivity index (χ4v) is 18.9. The molecule has 0 radical (unpaired) electrons. The Bertz CT molecular complexity index is 9110. The van der Waals surface area contributed by atoms with Gasteiger partial charge in [0.15, 0.2) is 58.9 Å². The zero-order chi connectivity index (χ0) is 115. The van der Waals surface area contributed by atoms with Gasteiger partial charge >= 0.3 is 0 Å². The highest BCUT2D eigenvalue weighted by molar-refractivity contribution is 6.13. The standard InChI is InChI=1S/C26H29N2O.C25H27N2O.C25H29N2O.C23H25N2O.C22H23N2O/c1-16-10-11-20-21-12-13-22(19-8-6-5-7-9-19)27-26(21)29-25(20)24(16)23-14-17(2)18(3)15-28(23)4;1-15-9-10-19-20-11-12-21(18-7-5-6-8-18)26-25(20)28-24(19)23(15)22-13-16(2)17(3)14-27(22)4;1-15-8-10-19-20-11-9-18(13-25(4,5)6)26-24(20)28-23(19)22(15)21-12-16(2)17(3)14-27(21)7;1-14(2)12-17-7-9-19-18-8-6-16(4)21(22(18)26-23(19)24-17)20-13-15(3)10-11-25(20)5;1-14(2)13-16-9-11-18-17-10-8-15(3)20(21(17)25-22(18)23-16)19-7-5-6-12-24(19)4/h10-15,19H,5-9H2,1-4H3;9-14,18H,5-8H2,1-4H3;8-12,14H,13H2,1-7H3;6-11,13-14H,12H2,1-5H3;5-12,14H,13H2,1-4H3/q5*+1/i3D3,8D2,9D2,19D;3D3,7D2,18D;3D3,4D3,5D3;;. The van der Waals surface area contributed by atoms with Gasteiger partial charge in [0.1, 0.15) is 35.2 Å². The fourth-order valence-electron chi connectivity index (χ4n) is 18.9. The normalized spacial score (nSPS) is 18.6. The maximum absolute atomic E-state index is 9.01. The number of rotatable bonds is 12. The second kappa shape index (κ2) is 38.0. The van der Waals surface area contributed by atoms with Crippen molar-refractivity contribution in [3.8, 4) is 56.3 Å². The molecule has 2 saturated carbocycles. The minimum atomic E-state index is -2.72. The molecule has 0 amide bonds. The summed E-state index contributed by atoms with van der Waals surface area (Å²) in [6, 6.07) is 55.3. The predicted octanol–water partition coefficient (Wildman–Crippen LogP) is 28.8. The van der Waals surface area contributed by atoms with Gasteiger partial charge in [0.25, 0.3) is 0 Å². The van der Waals surface area contributed by atoms with Gasteiger partial charge in [-0.15, -0.1) is 0 Å². The topological polar surface area (TPSA) is 150 Å². The van der Waals surface area contributed by atoms with Gasteiger partial charge in [-0.3, -0.25) is 0 Å². The van der Waals surface area contributed by atoms with Gasteiger partial charge in [-0.2, -0.15) is 0 Å². The Morgan fingerprint density at radius 3 is 1.04 bits per heavy atom. The number of nitrogens with zero attached hydrogens (tertiary/aromatic N) is 10. The maximum atomic E-state index is 9.01. The highest BCUT2D eigenvalue weighted by atomic mass is 16.4. The number of pyridine rings is 10. The third-order valence-electron chi connectivity index (χ3n) is 26.1. The van der Waals surface area contributed by atoms with Crippen molar-refractivity contribution in [3.63, 3.8) is 0 Å². The van der Waals surface area contributed by atoms with Gasteiger partial charge in [0.05, 0.1) is 27.8 Å². The summed E-state index contributed by atoms with van der Waals surface area (Å²) in [5.41, 5.74) is 25.5. The number of furan rings is 5. The molecule has 22 rings (SSSR count). The van der Waals surface area contributed by atoms with Crippen molar-refractivity contribution < 1.29 is 76.4 Å². The third kappa shape index (κ3) is 18.6. The summed E-state index contributed by atoms with van der Waals surface area (Å²) >= 11 is 0. The smallest absolute Gasteiger partial charge is 0.227 e. The predicted molar refractivity (Wildman–Crippen MR) is 555 cm³/mol. The van der Waals surface area contributed by atoms with Crippen molar-refractivity contribution in [2.45, 2.75) is 220 Å². The number of hydrogen-bond acceptors (Lipinski definition) is 10. The summed E-state index contributed by atoms with van der Waals surface area (Å²) in [6.07, 6.45) is 6.83. The van der Waals surface area contributed by atoms with E-state index in [1.54, 1.807) is 92.9 Å². The quantitative estimate of drug-likeness (QED) is 0.108. The lowest BCUT2D eigenvalue weighted by atomic mass is 9.86. The van der Waals surface area contributed by atoms with Crippen molar-refractivity contribution in [3.05, 3.63) is 296 Å². The van der Waals surface area contributed by atoms with Crippen LogP contribution in [0.2, 0.25) is 0 Å². The molecule has 1 unspecified atom stereocenters. The van der Waals surface area contributed by atoms with Crippen LogP contribution in [0.15, 0.2) is 223 Å². The Balaban J connectivity index is 0.000000129. The Hall–Kier alpha value is -13.4. The van der Waals surface area contributed by atoms with E-state index in [2.05, 4.69) is 172 Å². The summed E-state index contributed by atoms with van der Waals surface area (Å²) in [5.74, 6) is -2.42. The number of aryl methyl sites for hydroxylation is 17.